The molecule has 7 aromatic heterocycles. The highest BCUT2D eigenvalue weighted by Gasteiger charge is 2.47. The van der Waals surface area contributed by atoms with E-state index in [1.807, 2.05) is 11.9 Å². The molecule has 25 N–H and O–H groups in total. The molecule has 0 saturated carbocycles. The SMILES string of the molecule is CO[C@@H]1[C@H](O)[C@@H](CO)O[C@H]1n1ccc(N)nc1=O.CO[C@H]1[C@@H](O)[C@H](n2ccc(N)nc2=O)O[C@@H]1CO.Cc1cn([C@@H]2O[C@H](CO)[C@@H](O)[C@H]2O)c(=O)nc1N.Cc1cn([C@H]2C[C@H](O)[C@@H](CO)O2)c(=O)nc1N.Cc1cnc(=O)[nH]c1N.Cc1cnc(=S)[nH]c1N.O=c1[nH]cc(S)c(=O)[nH]1. The number of H-pyrrole nitrogens is 4. The third-order valence-corrected chi connectivity index (χ3v) is 15.0. The molecule has 0 amide bonds. The molecule has 0 unspecified atom stereocenters. The van der Waals surface area contributed by atoms with E-state index in [0.29, 0.717) is 27.5 Å². The number of aromatic nitrogens is 14. The number of nitrogens with zero attached hydrogens (tertiary/aromatic N) is 10. The van der Waals surface area contributed by atoms with E-state index in [1.54, 1.807) is 33.2 Å². The summed E-state index contributed by atoms with van der Waals surface area (Å²) in [5.74, 6) is 1.45. The van der Waals surface area contributed by atoms with Crippen molar-refractivity contribution in [1.82, 2.24) is 68.1 Å². The zero-order chi connectivity index (χ0) is 73.2. The predicted molar refractivity (Wildman–Crippen MR) is 349 cm³/mol. The lowest BCUT2D eigenvalue weighted by Gasteiger charge is -2.20. The summed E-state index contributed by atoms with van der Waals surface area (Å²) in [5.41, 5.74) is 31.6. The average molecular weight is 1420 g/mol. The second-order valence-corrected chi connectivity index (χ2v) is 22.2. The fourth-order valence-corrected chi connectivity index (χ4v) is 9.31. The molecule has 4 aliphatic rings. The lowest BCUT2D eigenvalue weighted by Crippen LogP contribution is -2.37. The van der Waals surface area contributed by atoms with Crippen LogP contribution in [0.1, 0.15) is 53.6 Å². The minimum atomic E-state index is -1.32. The van der Waals surface area contributed by atoms with E-state index >= 15 is 0 Å². The van der Waals surface area contributed by atoms with Crippen molar-refractivity contribution in [2.75, 3.05) is 75.0 Å². The monoisotopic (exact) mass is 1420 g/mol. The summed E-state index contributed by atoms with van der Waals surface area (Å²) < 4.78 is 36.6. The van der Waals surface area contributed by atoms with Crippen LogP contribution < -0.4 is 74.1 Å². The van der Waals surface area contributed by atoms with Gasteiger partial charge in [0.15, 0.2) is 23.5 Å². The van der Waals surface area contributed by atoms with E-state index in [0.717, 1.165) is 20.3 Å². The first-order valence-electron chi connectivity index (χ1n) is 28.8. The number of rotatable bonds is 10. The minimum absolute atomic E-state index is 0.0886. The van der Waals surface area contributed by atoms with Crippen LogP contribution in [0.2, 0.25) is 0 Å². The normalized spacial score (nSPS) is 25.0. The Morgan fingerprint density at radius 2 is 1.01 bits per heavy atom. The molecular weight excluding hydrogens is 1340 g/mol. The number of aliphatic hydroxyl groups is 9. The maximum Gasteiger partial charge on any atom is 0.351 e. The number of hydrogen-bond acceptors (Lipinski definition) is 36. The number of anilines is 6. The van der Waals surface area contributed by atoms with E-state index in [-0.39, 0.29) is 54.4 Å². The van der Waals surface area contributed by atoms with Gasteiger partial charge in [-0.3, -0.25) is 33.0 Å². The summed E-state index contributed by atoms with van der Waals surface area (Å²) in [6.07, 6.45) is -3.20. The summed E-state index contributed by atoms with van der Waals surface area (Å²) in [6, 6.07) is 2.86. The summed E-state index contributed by atoms with van der Waals surface area (Å²) in [5, 5.41) is 85.0. The smallest absolute Gasteiger partial charge is 0.351 e. The molecule has 98 heavy (non-hydrogen) atoms. The summed E-state index contributed by atoms with van der Waals surface area (Å²) in [7, 11) is 2.78. The van der Waals surface area contributed by atoms with Gasteiger partial charge in [0, 0.05) is 86.3 Å². The Hall–Kier alpha value is -9.07. The molecule has 11 heterocycles. The molecule has 538 valence electrons. The standard InChI is InChI=1S/3C10H15N3O5.C10H15N3O4.C5H7N3O.C5H7N3S.C4H4N2O2S/c1-4-2-13(10(17)12-8(4)11)9-7(16)6(15)5(3-14)18-9;1-17-8-5(4-14)18-9(7(8)15)13-3-2-6(11)12-10(13)16;1-17-8-7(15)5(4-14)18-9(8)13-3-2-6(11)12-10(13)16;1-5-3-13(10(16)12-9(5)11)8-2-6(15)7(4-14)17-8;2*1-3-2-7-5(9)8-4(3)6;7-3-2(9)1-5-4(8)6-3/h2,5-7,9,14-16H,3H2,1H3,(H2,11,12,17);2*2-3,5,7-9,14-15H,4H2,1H3,(H2,11,12,16);3,6-8,14-15H,2,4H2,1H3,(H2,11,12,16);2*2H,1H3,(H3,6,7,8,9);1,9H,(H2,5,6,7,8)/t5-,6-,7-,9-;2*5-,7-,8-,9-;6-,7+,8+;;;/m1110.../s1. The summed E-state index contributed by atoms with van der Waals surface area (Å²) in [6.45, 7) is 5.61. The summed E-state index contributed by atoms with van der Waals surface area (Å²) in [4.78, 5) is 109. The topological polar surface area (TPSA) is 673 Å². The van der Waals surface area contributed by atoms with E-state index in [1.165, 1.54) is 66.5 Å². The van der Waals surface area contributed by atoms with Gasteiger partial charge in [-0.15, -0.1) is 12.6 Å². The number of hydrogen-bond donors (Lipinski definition) is 20. The van der Waals surface area contributed by atoms with Gasteiger partial charge in [0.1, 0.15) is 102 Å². The molecule has 0 radical (unpaired) electrons. The van der Waals surface area contributed by atoms with Gasteiger partial charge in [0.2, 0.25) is 0 Å². The lowest BCUT2D eigenvalue weighted by atomic mass is 10.1. The Bertz CT molecular complexity index is 4210. The first-order valence-corrected chi connectivity index (χ1v) is 29.6. The second kappa shape index (κ2) is 36.5. The highest BCUT2D eigenvalue weighted by Crippen LogP contribution is 2.32. The molecule has 15 atom stereocenters. The van der Waals surface area contributed by atoms with E-state index in [2.05, 4.69) is 57.5 Å². The molecule has 44 heteroatoms. The van der Waals surface area contributed by atoms with Crippen molar-refractivity contribution < 1.29 is 74.4 Å². The number of aryl methyl sites for hydroxylation is 4. The molecular formula is C54H78N20O22S2. The van der Waals surface area contributed by atoms with Crippen LogP contribution >= 0.6 is 24.8 Å². The molecule has 0 aromatic carbocycles. The van der Waals surface area contributed by atoms with Crippen molar-refractivity contribution >= 4 is 59.8 Å². The van der Waals surface area contributed by atoms with Gasteiger partial charge < -0.3 is 119 Å². The third kappa shape index (κ3) is 20.7. The molecule has 7 aromatic rings. The highest BCUT2D eigenvalue weighted by molar-refractivity contribution is 7.80. The van der Waals surface area contributed by atoms with Crippen molar-refractivity contribution in [2.45, 2.75) is 131 Å². The number of nitrogen functional groups attached to an aromatic ring is 6. The van der Waals surface area contributed by atoms with Crippen LogP contribution in [0.3, 0.4) is 0 Å². The number of methoxy groups -OCH3 is 2. The van der Waals surface area contributed by atoms with Crippen LogP contribution in [0.25, 0.3) is 0 Å². The molecule has 4 saturated heterocycles. The molecule has 0 spiro atoms. The Morgan fingerprint density at radius 3 is 1.45 bits per heavy atom. The number of thiol groups is 1. The van der Waals surface area contributed by atoms with Gasteiger partial charge in [-0.05, 0) is 52.0 Å². The maximum atomic E-state index is 11.7. The van der Waals surface area contributed by atoms with Crippen molar-refractivity contribution in [3.63, 3.8) is 0 Å². The molecule has 4 fully saturated rings. The number of nitrogens with two attached hydrogens (primary N) is 6. The zero-order valence-corrected chi connectivity index (χ0v) is 54.7. The molecule has 4 aliphatic heterocycles. The quantitative estimate of drug-likeness (QED) is 0.0447. The van der Waals surface area contributed by atoms with Gasteiger partial charge in [-0.1, -0.05) is 0 Å². The Labute approximate surface area is 562 Å². The van der Waals surface area contributed by atoms with Crippen LogP contribution in [0.4, 0.5) is 34.9 Å². The third-order valence-electron chi connectivity index (χ3n) is 14.5. The molecule has 11 rings (SSSR count). The second-order valence-electron chi connectivity index (χ2n) is 21.3. The van der Waals surface area contributed by atoms with Crippen molar-refractivity contribution in [2.24, 2.45) is 0 Å². The van der Waals surface area contributed by atoms with Crippen molar-refractivity contribution in [3.05, 3.63) is 156 Å². The first kappa shape index (κ1) is 79.6. The zero-order valence-electron chi connectivity index (χ0n) is 53.0. The van der Waals surface area contributed by atoms with Crippen LogP contribution in [0.5, 0.6) is 0 Å². The van der Waals surface area contributed by atoms with Crippen LogP contribution in [-0.4, -0.2) is 222 Å². The van der Waals surface area contributed by atoms with Crippen LogP contribution in [0, 0.1) is 32.5 Å². The first-order chi connectivity index (χ1) is 46.2. The Morgan fingerprint density at radius 1 is 0.551 bits per heavy atom. The average Bonchev–Trinajstić information content (AvgIpc) is 1.65. The molecule has 0 bridgehead atoms. The Balaban J connectivity index is 0.000000210. The molecule has 42 nitrogen and oxygen atoms in total. The number of nitrogens with one attached hydrogen (secondary N) is 4. The maximum absolute atomic E-state index is 11.7. The predicted octanol–water partition coefficient (Wildman–Crippen LogP) is -7.26. The number of aromatic amines is 4. The largest absolute Gasteiger partial charge is 0.394 e. The van der Waals surface area contributed by atoms with E-state index < -0.39 is 138 Å². The fourth-order valence-electron chi connectivity index (χ4n) is 9.03. The Kier molecular flexibility index (Phi) is 29.7. The van der Waals surface area contributed by atoms with Gasteiger partial charge in [0.05, 0.1) is 37.4 Å². The van der Waals surface area contributed by atoms with Gasteiger partial charge in [0.25, 0.3) is 5.56 Å². The number of aliphatic hydroxyl groups excluding tert-OH is 9. The fraction of sp³-hybridized carbons (Fsp3) is 0.481. The lowest BCUT2D eigenvalue weighted by molar-refractivity contribution is -0.0624. The van der Waals surface area contributed by atoms with Gasteiger partial charge >= 0.3 is 34.1 Å². The highest BCUT2D eigenvalue weighted by atomic mass is 32.1. The van der Waals surface area contributed by atoms with Crippen LogP contribution in [-0.2, 0) is 28.4 Å². The van der Waals surface area contributed by atoms with Crippen molar-refractivity contribution in [3.8, 4) is 0 Å². The van der Waals surface area contributed by atoms with Crippen molar-refractivity contribution in [1.29, 1.82) is 0 Å². The van der Waals surface area contributed by atoms with E-state index in [9.17, 15) is 59.1 Å². The van der Waals surface area contributed by atoms with Crippen LogP contribution in [0.15, 0.2) is 94.0 Å². The van der Waals surface area contributed by atoms with E-state index in [4.69, 9.17) is 95.5 Å². The number of ether oxygens (including phenoxy) is 6. The molecule has 0 aliphatic carbocycles. The van der Waals surface area contributed by atoms with Gasteiger partial charge in [-0.25, -0.2) is 38.7 Å². The summed E-state index contributed by atoms with van der Waals surface area (Å²) >= 11 is 8.44. The minimum Gasteiger partial charge on any atom is -0.394 e. The van der Waals surface area contributed by atoms with Gasteiger partial charge in [-0.2, -0.15) is 19.9 Å².